The van der Waals surface area contributed by atoms with Crippen LogP contribution < -0.4 is 10.1 Å². The second-order valence-electron chi connectivity index (χ2n) is 6.64. The van der Waals surface area contributed by atoms with E-state index in [4.69, 9.17) is 4.74 Å². The Morgan fingerprint density at radius 3 is 2.71 bits per heavy atom. The summed E-state index contributed by atoms with van der Waals surface area (Å²) in [5.41, 5.74) is 1.90. The smallest absolute Gasteiger partial charge is 0.118 e. The summed E-state index contributed by atoms with van der Waals surface area (Å²) in [6.45, 7) is 7.23. The van der Waals surface area contributed by atoms with E-state index in [1.807, 2.05) is 0 Å². The quantitative estimate of drug-likeness (QED) is 0.924. The molecule has 2 heterocycles. The zero-order valence-corrected chi connectivity index (χ0v) is 13.9. The van der Waals surface area contributed by atoms with Gasteiger partial charge in [-0.2, -0.15) is 0 Å². The molecular weight excluding hydrogens is 284 g/mol. The minimum atomic E-state index is 0. The third-order valence-electron chi connectivity index (χ3n) is 4.91. The molecule has 0 radical (unpaired) electrons. The average molecular weight is 311 g/mol. The van der Waals surface area contributed by atoms with Crippen molar-refractivity contribution in [2.24, 2.45) is 5.41 Å². The second kappa shape index (κ2) is 6.99. The molecule has 0 saturated carbocycles. The number of halogens is 1. The first-order valence-electron chi connectivity index (χ1n) is 7.79. The van der Waals surface area contributed by atoms with Crippen LogP contribution in [-0.2, 0) is 0 Å². The van der Waals surface area contributed by atoms with Gasteiger partial charge in [-0.1, -0.05) is 19.1 Å². The van der Waals surface area contributed by atoms with E-state index in [-0.39, 0.29) is 12.4 Å². The Labute approximate surface area is 134 Å². The van der Waals surface area contributed by atoms with Gasteiger partial charge < -0.3 is 10.1 Å². The number of methoxy groups -OCH3 is 1. The van der Waals surface area contributed by atoms with Crippen LogP contribution in [0, 0.1) is 5.41 Å². The molecular formula is C17H27ClN2O. The molecule has 1 aromatic carbocycles. The molecule has 2 saturated heterocycles. The van der Waals surface area contributed by atoms with Gasteiger partial charge in [-0.05, 0) is 55.5 Å². The molecule has 2 aliphatic heterocycles. The van der Waals surface area contributed by atoms with E-state index in [0.29, 0.717) is 11.5 Å². The maximum atomic E-state index is 5.26. The standard InChI is InChI=1S/C17H26N2O.ClH/c1-17(9-10-18-12-17)13-19-11-3-4-16(19)14-5-7-15(20-2)8-6-14;/h5-8,16,18H,3-4,9-13H2,1-2H3;1H. The number of nitrogens with zero attached hydrogens (tertiary/aromatic N) is 1. The molecule has 0 amide bonds. The van der Waals surface area contributed by atoms with Crippen LogP contribution in [0.1, 0.15) is 37.8 Å². The van der Waals surface area contributed by atoms with Crippen molar-refractivity contribution in [2.75, 3.05) is 33.3 Å². The van der Waals surface area contributed by atoms with Gasteiger partial charge in [-0.3, -0.25) is 4.90 Å². The summed E-state index contributed by atoms with van der Waals surface area (Å²) in [7, 11) is 1.73. The van der Waals surface area contributed by atoms with E-state index >= 15 is 0 Å². The van der Waals surface area contributed by atoms with Crippen molar-refractivity contribution < 1.29 is 4.74 Å². The summed E-state index contributed by atoms with van der Waals surface area (Å²) in [5, 5.41) is 3.51. The lowest BCUT2D eigenvalue weighted by Gasteiger charge is -2.33. The van der Waals surface area contributed by atoms with Crippen molar-refractivity contribution >= 4 is 12.4 Å². The van der Waals surface area contributed by atoms with Gasteiger partial charge in [0, 0.05) is 19.1 Å². The Hall–Kier alpha value is -0.770. The first-order valence-corrected chi connectivity index (χ1v) is 7.79. The largest absolute Gasteiger partial charge is 0.497 e. The number of hydrogen-bond donors (Lipinski definition) is 1. The zero-order chi connectivity index (χ0) is 14.0. The van der Waals surface area contributed by atoms with Crippen molar-refractivity contribution in [1.82, 2.24) is 10.2 Å². The highest BCUT2D eigenvalue weighted by Crippen LogP contribution is 2.36. The third-order valence-corrected chi connectivity index (χ3v) is 4.91. The lowest BCUT2D eigenvalue weighted by atomic mass is 9.88. The van der Waals surface area contributed by atoms with Gasteiger partial charge in [0.25, 0.3) is 0 Å². The summed E-state index contributed by atoms with van der Waals surface area (Å²) >= 11 is 0. The highest BCUT2D eigenvalue weighted by Gasteiger charge is 2.35. The fourth-order valence-corrected chi connectivity index (χ4v) is 3.71. The first kappa shape index (κ1) is 16.6. The van der Waals surface area contributed by atoms with Crippen molar-refractivity contribution in [2.45, 2.75) is 32.2 Å². The predicted molar refractivity (Wildman–Crippen MR) is 89.4 cm³/mol. The van der Waals surface area contributed by atoms with Gasteiger partial charge in [0.2, 0.25) is 0 Å². The maximum Gasteiger partial charge on any atom is 0.118 e. The molecule has 2 unspecified atom stereocenters. The van der Waals surface area contributed by atoms with Crippen molar-refractivity contribution in [3.05, 3.63) is 29.8 Å². The number of likely N-dealkylation sites (tertiary alicyclic amines) is 1. The SMILES string of the molecule is COc1ccc(C2CCCN2CC2(C)CCNC2)cc1.Cl. The van der Waals surface area contributed by atoms with Gasteiger partial charge in [0.1, 0.15) is 5.75 Å². The number of nitrogens with one attached hydrogen (secondary N) is 1. The van der Waals surface area contributed by atoms with Gasteiger partial charge >= 0.3 is 0 Å². The fourth-order valence-electron chi connectivity index (χ4n) is 3.71. The molecule has 1 aromatic rings. The summed E-state index contributed by atoms with van der Waals surface area (Å²) in [5.74, 6) is 0.949. The van der Waals surface area contributed by atoms with Gasteiger partial charge in [0.15, 0.2) is 0 Å². The van der Waals surface area contributed by atoms with Crippen LogP contribution in [-0.4, -0.2) is 38.2 Å². The third kappa shape index (κ3) is 3.71. The minimum absolute atomic E-state index is 0. The van der Waals surface area contributed by atoms with E-state index in [2.05, 4.69) is 41.4 Å². The maximum absolute atomic E-state index is 5.26. The Bertz CT molecular complexity index is 443. The summed E-state index contributed by atoms with van der Waals surface area (Å²) < 4.78 is 5.26. The molecule has 3 nitrogen and oxygen atoms in total. The fraction of sp³-hybridized carbons (Fsp3) is 0.647. The summed E-state index contributed by atoms with van der Waals surface area (Å²) in [6, 6.07) is 9.24. The zero-order valence-electron chi connectivity index (χ0n) is 13.1. The van der Waals surface area contributed by atoms with E-state index in [0.717, 1.165) is 5.75 Å². The molecule has 2 aliphatic rings. The Kier molecular flexibility index (Phi) is 5.53. The first-order chi connectivity index (χ1) is 9.70. The molecule has 0 spiro atoms. The number of rotatable bonds is 4. The highest BCUT2D eigenvalue weighted by molar-refractivity contribution is 5.85. The monoisotopic (exact) mass is 310 g/mol. The summed E-state index contributed by atoms with van der Waals surface area (Å²) in [6.07, 6.45) is 3.91. The van der Waals surface area contributed by atoms with Crippen LogP contribution >= 0.6 is 12.4 Å². The van der Waals surface area contributed by atoms with E-state index in [9.17, 15) is 0 Å². The molecule has 118 valence electrons. The van der Waals surface area contributed by atoms with Crippen LogP contribution in [0.5, 0.6) is 5.75 Å². The number of hydrogen-bond acceptors (Lipinski definition) is 3. The number of benzene rings is 1. The molecule has 0 aromatic heterocycles. The Morgan fingerprint density at radius 2 is 2.10 bits per heavy atom. The molecule has 0 bridgehead atoms. The van der Waals surface area contributed by atoms with Crippen LogP contribution in [0.4, 0.5) is 0 Å². The normalized spacial score (nSPS) is 29.3. The molecule has 2 fully saturated rings. The van der Waals surface area contributed by atoms with E-state index in [1.165, 1.54) is 51.0 Å². The second-order valence-corrected chi connectivity index (χ2v) is 6.64. The Balaban J connectivity index is 0.00000161. The van der Waals surface area contributed by atoms with E-state index < -0.39 is 0 Å². The molecule has 3 rings (SSSR count). The van der Waals surface area contributed by atoms with Crippen molar-refractivity contribution in [1.29, 1.82) is 0 Å². The topological polar surface area (TPSA) is 24.5 Å². The molecule has 0 aliphatic carbocycles. The van der Waals surface area contributed by atoms with Gasteiger partial charge in [0.05, 0.1) is 7.11 Å². The van der Waals surface area contributed by atoms with Crippen LogP contribution in [0.15, 0.2) is 24.3 Å². The molecule has 1 N–H and O–H groups in total. The van der Waals surface area contributed by atoms with Crippen LogP contribution in [0.3, 0.4) is 0 Å². The average Bonchev–Trinajstić information content (AvgIpc) is 3.09. The highest BCUT2D eigenvalue weighted by atomic mass is 35.5. The molecule has 2 atom stereocenters. The summed E-state index contributed by atoms with van der Waals surface area (Å²) in [4.78, 5) is 2.69. The Morgan fingerprint density at radius 1 is 1.33 bits per heavy atom. The lowest BCUT2D eigenvalue weighted by Crippen LogP contribution is -2.37. The predicted octanol–water partition coefficient (Wildman–Crippen LogP) is 3.25. The van der Waals surface area contributed by atoms with Crippen LogP contribution in [0.25, 0.3) is 0 Å². The lowest BCUT2D eigenvalue weighted by molar-refractivity contribution is 0.165. The van der Waals surface area contributed by atoms with Crippen molar-refractivity contribution in [3.63, 3.8) is 0 Å². The minimum Gasteiger partial charge on any atom is -0.497 e. The van der Waals surface area contributed by atoms with E-state index in [1.54, 1.807) is 7.11 Å². The number of ether oxygens (including phenoxy) is 1. The van der Waals surface area contributed by atoms with Gasteiger partial charge in [-0.15, -0.1) is 12.4 Å². The van der Waals surface area contributed by atoms with Crippen LogP contribution in [0.2, 0.25) is 0 Å². The molecule has 21 heavy (non-hydrogen) atoms. The van der Waals surface area contributed by atoms with Crippen molar-refractivity contribution in [3.8, 4) is 5.75 Å². The van der Waals surface area contributed by atoms with Gasteiger partial charge in [-0.25, -0.2) is 0 Å². The molecule has 4 heteroatoms.